The molecule has 1 heterocycles. The summed E-state index contributed by atoms with van der Waals surface area (Å²) in [5.41, 5.74) is 0.581. The first-order valence-corrected chi connectivity index (χ1v) is 9.21. The predicted octanol–water partition coefficient (Wildman–Crippen LogP) is 1.29. The zero-order chi connectivity index (χ0) is 17.7. The lowest BCUT2D eigenvalue weighted by Gasteiger charge is -2.09. The Kier molecular flexibility index (Phi) is 5.55. The Hall–Kier alpha value is -2.42. The number of benzene rings is 1. The molecule has 0 spiro atoms. The van der Waals surface area contributed by atoms with Crippen molar-refractivity contribution < 1.29 is 22.4 Å². The second-order valence-corrected chi connectivity index (χ2v) is 7.36. The van der Waals surface area contributed by atoms with Crippen LogP contribution in [0.2, 0.25) is 0 Å². The number of nitrogens with zero attached hydrogens (tertiary/aromatic N) is 2. The average molecular weight is 353 g/mol. The van der Waals surface area contributed by atoms with E-state index in [1.54, 1.807) is 24.3 Å². The van der Waals surface area contributed by atoms with Gasteiger partial charge < -0.3 is 14.5 Å². The third kappa shape index (κ3) is 4.79. The van der Waals surface area contributed by atoms with Crippen molar-refractivity contribution >= 4 is 15.7 Å². The highest BCUT2D eigenvalue weighted by Crippen LogP contribution is 2.22. The smallest absolute Gasteiger partial charge is 0.335 e. The third-order valence-electron chi connectivity index (χ3n) is 3.02. The number of nitrogens with one attached hydrogen (secondary N) is 1. The molecule has 1 amide bonds. The molecule has 0 aliphatic heterocycles. The van der Waals surface area contributed by atoms with Crippen molar-refractivity contribution in [2.45, 2.75) is 19.1 Å². The molecule has 0 radical (unpaired) electrons. The van der Waals surface area contributed by atoms with Gasteiger partial charge in [0, 0.05) is 17.7 Å². The van der Waals surface area contributed by atoms with Crippen LogP contribution in [0.3, 0.4) is 0 Å². The first kappa shape index (κ1) is 17.9. The zero-order valence-corrected chi connectivity index (χ0v) is 14.5. The maximum atomic E-state index is 11.4. The molecule has 9 heteroatoms. The molecule has 2 aromatic rings. The van der Waals surface area contributed by atoms with Gasteiger partial charge in [-0.25, -0.2) is 8.42 Å². The average Bonchev–Trinajstić information content (AvgIpc) is 3.02. The van der Waals surface area contributed by atoms with Crippen molar-refractivity contribution in [2.24, 2.45) is 5.92 Å². The van der Waals surface area contributed by atoms with E-state index in [9.17, 15) is 13.2 Å². The monoisotopic (exact) mass is 353 g/mol. The molecular formula is C15H19N3O5S. The number of rotatable bonds is 7. The predicted molar refractivity (Wildman–Crippen MR) is 86.2 cm³/mol. The summed E-state index contributed by atoms with van der Waals surface area (Å²) in [4.78, 5) is 11.4. The highest BCUT2D eigenvalue weighted by atomic mass is 32.2. The minimum Gasteiger partial charge on any atom is -0.492 e. The Labute approximate surface area is 140 Å². The lowest BCUT2D eigenvalue weighted by atomic mass is 10.2. The Morgan fingerprint density at radius 1 is 1.25 bits per heavy atom. The van der Waals surface area contributed by atoms with Gasteiger partial charge in [-0.15, -0.1) is 5.10 Å². The largest absolute Gasteiger partial charge is 0.492 e. The van der Waals surface area contributed by atoms with E-state index in [4.69, 9.17) is 9.15 Å². The molecule has 1 aromatic carbocycles. The third-order valence-corrected chi connectivity index (χ3v) is 3.82. The summed E-state index contributed by atoms with van der Waals surface area (Å²) >= 11 is 0. The molecule has 0 aliphatic rings. The molecule has 0 fully saturated rings. The molecule has 24 heavy (non-hydrogen) atoms. The number of hydrogen-bond donors (Lipinski definition) is 1. The van der Waals surface area contributed by atoms with Crippen LogP contribution in [0.15, 0.2) is 33.9 Å². The summed E-state index contributed by atoms with van der Waals surface area (Å²) in [6, 6.07) is 6.76. The first-order valence-electron chi connectivity index (χ1n) is 7.32. The number of carbonyl (C=O) groups excluding carboxylic acids is 1. The van der Waals surface area contributed by atoms with Crippen LogP contribution < -0.4 is 10.1 Å². The highest BCUT2D eigenvalue weighted by molar-refractivity contribution is 7.90. The Balaban J connectivity index is 1.91. The SMILES string of the molecule is CC(C)C(=O)NCCOc1ccc(-c2nnc(S(C)(=O)=O)o2)cc1. The van der Waals surface area contributed by atoms with E-state index < -0.39 is 15.1 Å². The molecule has 1 aromatic heterocycles. The number of carbonyl (C=O) groups is 1. The molecular weight excluding hydrogens is 334 g/mol. The van der Waals surface area contributed by atoms with Crippen molar-refractivity contribution in [2.75, 3.05) is 19.4 Å². The van der Waals surface area contributed by atoms with Gasteiger partial charge in [0.25, 0.3) is 0 Å². The normalized spacial score (nSPS) is 11.5. The number of sulfone groups is 1. The fourth-order valence-electron chi connectivity index (χ4n) is 1.72. The lowest BCUT2D eigenvalue weighted by molar-refractivity contribution is -0.124. The molecule has 8 nitrogen and oxygen atoms in total. The van der Waals surface area contributed by atoms with Gasteiger partial charge in [0.15, 0.2) is 0 Å². The number of ether oxygens (including phenoxy) is 1. The van der Waals surface area contributed by atoms with Crippen LogP contribution in [-0.2, 0) is 14.6 Å². The topological polar surface area (TPSA) is 111 Å². The highest BCUT2D eigenvalue weighted by Gasteiger charge is 2.17. The van der Waals surface area contributed by atoms with Crippen molar-refractivity contribution in [3.05, 3.63) is 24.3 Å². The summed E-state index contributed by atoms with van der Waals surface area (Å²) in [7, 11) is -3.53. The van der Waals surface area contributed by atoms with E-state index in [1.165, 1.54) is 0 Å². The molecule has 0 saturated carbocycles. The minimum absolute atomic E-state index is 0.0213. The molecule has 0 atom stereocenters. The Morgan fingerprint density at radius 2 is 1.92 bits per heavy atom. The summed E-state index contributed by atoms with van der Waals surface area (Å²) in [5, 5.41) is 9.55. The Bertz CT molecular complexity index is 797. The maximum absolute atomic E-state index is 11.4. The molecule has 0 saturated heterocycles. The summed E-state index contributed by atoms with van der Waals surface area (Å²) < 4.78 is 33.3. The van der Waals surface area contributed by atoms with Crippen LogP contribution in [0.1, 0.15) is 13.8 Å². The van der Waals surface area contributed by atoms with E-state index in [2.05, 4.69) is 15.5 Å². The van der Waals surface area contributed by atoms with Gasteiger partial charge in [-0.05, 0) is 24.3 Å². The van der Waals surface area contributed by atoms with Gasteiger partial charge >= 0.3 is 5.22 Å². The summed E-state index contributed by atoms with van der Waals surface area (Å²) in [6.07, 6.45) is 0.999. The fraction of sp³-hybridized carbons (Fsp3) is 0.400. The van der Waals surface area contributed by atoms with Gasteiger partial charge in [-0.3, -0.25) is 4.79 Å². The number of amides is 1. The molecule has 0 aliphatic carbocycles. The number of hydrogen-bond acceptors (Lipinski definition) is 7. The van der Waals surface area contributed by atoms with Crippen LogP contribution in [0.4, 0.5) is 0 Å². The standard InChI is InChI=1S/C15H19N3O5S/c1-10(2)13(19)16-8-9-22-12-6-4-11(5-7-12)14-17-18-15(23-14)24(3,20)21/h4-7,10H,8-9H2,1-3H3,(H,16,19). The van der Waals surface area contributed by atoms with Crippen molar-refractivity contribution in [1.29, 1.82) is 0 Å². The van der Waals surface area contributed by atoms with E-state index in [0.29, 0.717) is 24.5 Å². The fourth-order valence-corrected chi connectivity index (χ4v) is 2.14. The van der Waals surface area contributed by atoms with E-state index in [1.807, 2.05) is 13.8 Å². The molecule has 2 rings (SSSR count). The van der Waals surface area contributed by atoms with Gasteiger partial charge in [0.05, 0.1) is 6.54 Å². The first-order chi connectivity index (χ1) is 11.3. The van der Waals surface area contributed by atoms with Gasteiger partial charge in [0.2, 0.25) is 21.6 Å². The molecule has 130 valence electrons. The number of aromatic nitrogens is 2. The second kappa shape index (κ2) is 7.43. The van der Waals surface area contributed by atoms with Crippen LogP contribution in [0.5, 0.6) is 5.75 Å². The van der Waals surface area contributed by atoms with Crippen molar-refractivity contribution in [3.8, 4) is 17.2 Å². The molecule has 0 unspecified atom stereocenters. The molecule has 0 bridgehead atoms. The van der Waals surface area contributed by atoms with Crippen LogP contribution in [0, 0.1) is 5.92 Å². The van der Waals surface area contributed by atoms with E-state index in [-0.39, 0.29) is 17.7 Å². The van der Waals surface area contributed by atoms with Crippen molar-refractivity contribution in [3.63, 3.8) is 0 Å². The van der Waals surface area contributed by atoms with Crippen molar-refractivity contribution in [1.82, 2.24) is 15.5 Å². The zero-order valence-electron chi connectivity index (χ0n) is 13.6. The quantitative estimate of drug-likeness (QED) is 0.747. The summed E-state index contributed by atoms with van der Waals surface area (Å²) in [5.74, 6) is 0.647. The Morgan fingerprint density at radius 3 is 2.46 bits per heavy atom. The summed E-state index contributed by atoms with van der Waals surface area (Å²) in [6.45, 7) is 4.40. The van der Waals surface area contributed by atoms with Gasteiger partial charge in [0.1, 0.15) is 12.4 Å². The van der Waals surface area contributed by atoms with Gasteiger partial charge in [-0.2, -0.15) is 0 Å². The minimum atomic E-state index is -3.53. The maximum Gasteiger partial charge on any atom is 0.335 e. The van der Waals surface area contributed by atoms with Crippen LogP contribution in [0.25, 0.3) is 11.5 Å². The van der Waals surface area contributed by atoms with Gasteiger partial charge in [-0.1, -0.05) is 18.9 Å². The van der Waals surface area contributed by atoms with Crippen LogP contribution >= 0.6 is 0 Å². The van der Waals surface area contributed by atoms with E-state index in [0.717, 1.165) is 6.26 Å². The molecule has 1 N–H and O–H groups in total. The second-order valence-electron chi connectivity index (χ2n) is 5.46. The van der Waals surface area contributed by atoms with Crippen LogP contribution in [-0.4, -0.2) is 43.9 Å². The lowest BCUT2D eigenvalue weighted by Crippen LogP contribution is -2.31. The van der Waals surface area contributed by atoms with E-state index >= 15 is 0 Å².